The molecule has 2 saturated heterocycles. The maximum Gasteiger partial charge on any atom is 0.237 e. The number of rotatable bonds is 4. The number of piperidine rings is 1. The molecule has 2 unspecified atom stereocenters. The Labute approximate surface area is 134 Å². The van der Waals surface area contributed by atoms with Crippen LogP contribution in [0.5, 0.6) is 0 Å². The van der Waals surface area contributed by atoms with E-state index in [1.165, 1.54) is 6.42 Å². The SMILES string of the molecule is CC1CCNC(C(=O)NCC(C)(C)N2CCOCC2)C1.Cl. The Hall–Kier alpha value is -0.360. The fourth-order valence-electron chi connectivity index (χ4n) is 3.01. The highest BCUT2D eigenvalue weighted by Gasteiger charge is 2.30. The number of nitrogens with zero attached hydrogens (tertiary/aromatic N) is 1. The Bertz CT molecular complexity index is 333. The van der Waals surface area contributed by atoms with E-state index in [1.807, 2.05) is 0 Å². The van der Waals surface area contributed by atoms with Crippen molar-refractivity contribution in [3.05, 3.63) is 0 Å². The maximum atomic E-state index is 12.3. The second kappa shape index (κ2) is 8.32. The van der Waals surface area contributed by atoms with Crippen LogP contribution in [0, 0.1) is 5.92 Å². The van der Waals surface area contributed by atoms with Crippen LogP contribution in [0.3, 0.4) is 0 Å². The highest BCUT2D eigenvalue weighted by Crippen LogP contribution is 2.17. The van der Waals surface area contributed by atoms with E-state index in [0.717, 1.165) is 39.3 Å². The molecule has 6 heteroatoms. The molecule has 2 atom stereocenters. The Balaban J connectivity index is 0.00000220. The van der Waals surface area contributed by atoms with Crippen LogP contribution in [-0.2, 0) is 9.53 Å². The molecular formula is C15H30ClN3O2. The van der Waals surface area contributed by atoms with Crippen LogP contribution in [0.1, 0.15) is 33.6 Å². The van der Waals surface area contributed by atoms with Gasteiger partial charge in [0.05, 0.1) is 19.3 Å². The molecule has 2 fully saturated rings. The summed E-state index contributed by atoms with van der Waals surface area (Å²) in [4.78, 5) is 14.7. The van der Waals surface area contributed by atoms with Crippen LogP contribution >= 0.6 is 12.4 Å². The van der Waals surface area contributed by atoms with Gasteiger partial charge in [-0.2, -0.15) is 0 Å². The zero-order chi connectivity index (χ0) is 14.6. The van der Waals surface area contributed by atoms with E-state index in [-0.39, 0.29) is 29.9 Å². The molecule has 0 radical (unpaired) electrons. The van der Waals surface area contributed by atoms with Crippen molar-refractivity contribution in [1.29, 1.82) is 0 Å². The molecule has 2 heterocycles. The van der Waals surface area contributed by atoms with Gasteiger partial charge in [0.1, 0.15) is 0 Å². The standard InChI is InChI=1S/C15H29N3O2.ClH/c1-12-4-5-16-13(10-12)14(19)17-11-15(2,3)18-6-8-20-9-7-18;/h12-13,16H,4-11H2,1-3H3,(H,17,19);1H. The molecule has 124 valence electrons. The molecule has 0 aromatic carbocycles. The number of hydrogen-bond donors (Lipinski definition) is 2. The van der Waals surface area contributed by atoms with Crippen LogP contribution < -0.4 is 10.6 Å². The summed E-state index contributed by atoms with van der Waals surface area (Å²) in [6, 6.07) is -0.0146. The monoisotopic (exact) mass is 319 g/mol. The van der Waals surface area contributed by atoms with Crippen molar-refractivity contribution in [1.82, 2.24) is 15.5 Å². The van der Waals surface area contributed by atoms with Crippen LogP contribution in [0.15, 0.2) is 0 Å². The van der Waals surface area contributed by atoms with Gasteiger partial charge in [-0.25, -0.2) is 0 Å². The zero-order valence-electron chi connectivity index (χ0n) is 13.5. The number of nitrogens with one attached hydrogen (secondary N) is 2. The lowest BCUT2D eigenvalue weighted by atomic mass is 9.93. The van der Waals surface area contributed by atoms with Crippen LogP contribution in [-0.4, -0.2) is 61.8 Å². The minimum absolute atomic E-state index is 0. The number of hydrogen-bond acceptors (Lipinski definition) is 4. The summed E-state index contributed by atoms with van der Waals surface area (Å²) in [6.07, 6.45) is 2.12. The van der Waals surface area contributed by atoms with Gasteiger partial charge in [0.25, 0.3) is 0 Å². The quantitative estimate of drug-likeness (QED) is 0.812. The van der Waals surface area contributed by atoms with Crippen LogP contribution in [0.25, 0.3) is 0 Å². The number of ether oxygens (including phenoxy) is 1. The van der Waals surface area contributed by atoms with Gasteiger partial charge in [-0.1, -0.05) is 6.92 Å². The van der Waals surface area contributed by atoms with Crippen molar-refractivity contribution in [3.63, 3.8) is 0 Å². The second-order valence-corrected chi connectivity index (χ2v) is 6.77. The molecule has 2 aliphatic rings. The molecule has 0 aliphatic carbocycles. The molecule has 0 bridgehead atoms. The van der Waals surface area contributed by atoms with Crippen molar-refractivity contribution in [3.8, 4) is 0 Å². The molecule has 2 rings (SSSR count). The van der Waals surface area contributed by atoms with E-state index in [4.69, 9.17) is 4.74 Å². The molecule has 0 aromatic heterocycles. The third-order valence-electron chi connectivity index (χ3n) is 4.54. The van der Waals surface area contributed by atoms with Gasteiger partial charge in [0, 0.05) is 25.2 Å². The molecule has 0 saturated carbocycles. The first-order chi connectivity index (χ1) is 9.49. The fraction of sp³-hybridized carbons (Fsp3) is 0.933. The largest absolute Gasteiger partial charge is 0.379 e. The topological polar surface area (TPSA) is 53.6 Å². The molecule has 0 aromatic rings. The molecule has 0 spiro atoms. The Morgan fingerprint density at radius 1 is 1.38 bits per heavy atom. The van der Waals surface area contributed by atoms with E-state index in [2.05, 4.69) is 36.3 Å². The van der Waals surface area contributed by atoms with Crippen LogP contribution in [0.2, 0.25) is 0 Å². The molecule has 21 heavy (non-hydrogen) atoms. The van der Waals surface area contributed by atoms with E-state index < -0.39 is 0 Å². The first-order valence-corrected chi connectivity index (χ1v) is 7.83. The van der Waals surface area contributed by atoms with Gasteiger partial charge in [-0.15, -0.1) is 12.4 Å². The Morgan fingerprint density at radius 2 is 2.05 bits per heavy atom. The van der Waals surface area contributed by atoms with Crippen LogP contribution in [0.4, 0.5) is 0 Å². The normalized spacial score (nSPS) is 27.8. The molecular weight excluding hydrogens is 290 g/mol. The van der Waals surface area contributed by atoms with E-state index in [9.17, 15) is 4.79 Å². The summed E-state index contributed by atoms with van der Waals surface area (Å²) in [5.41, 5.74) is -0.0142. The van der Waals surface area contributed by atoms with Crippen molar-refractivity contribution in [2.45, 2.75) is 45.2 Å². The summed E-state index contributed by atoms with van der Waals surface area (Å²) in [7, 11) is 0. The zero-order valence-corrected chi connectivity index (χ0v) is 14.3. The van der Waals surface area contributed by atoms with Gasteiger partial charge in [0.2, 0.25) is 5.91 Å². The lowest BCUT2D eigenvalue weighted by Gasteiger charge is -2.41. The van der Waals surface area contributed by atoms with Gasteiger partial charge < -0.3 is 15.4 Å². The minimum atomic E-state index is -0.0146. The van der Waals surface area contributed by atoms with Crippen molar-refractivity contribution in [2.75, 3.05) is 39.4 Å². The van der Waals surface area contributed by atoms with Crippen molar-refractivity contribution < 1.29 is 9.53 Å². The lowest BCUT2D eigenvalue weighted by molar-refractivity contribution is -0.124. The van der Waals surface area contributed by atoms with Gasteiger partial charge in [-0.05, 0) is 39.2 Å². The summed E-state index contributed by atoms with van der Waals surface area (Å²) < 4.78 is 5.39. The summed E-state index contributed by atoms with van der Waals surface area (Å²) in [5, 5.41) is 6.45. The number of amides is 1. The first-order valence-electron chi connectivity index (χ1n) is 7.83. The molecule has 2 aliphatic heterocycles. The van der Waals surface area contributed by atoms with Gasteiger partial charge in [0.15, 0.2) is 0 Å². The number of morpholine rings is 1. The van der Waals surface area contributed by atoms with E-state index in [1.54, 1.807) is 0 Å². The summed E-state index contributed by atoms with van der Waals surface area (Å²) in [5.74, 6) is 0.789. The fourth-order valence-corrected chi connectivity index (χ4v) is 3.01. The predicted molar refractivity (Wildman–Crippen MR) is 86.9 cm³/mol. The third kappa shape index (κ3) is 5.40. The smallest absolute Gasteiger partial charge is 0.237 e. The maximum absolute atomic E-state index is 12.3. The Kier molecular flexibility index (Phi) is 7.40. The number of carbonyl (C=O) groups is 1. The highest BCUT2D eigenvalue weighted by molar-refractivity contribution is 5.85. The molecule has 1 amide bonds. The first kappa shape index (κ1) is 18.7. The number of halogens is 1. The van der Waals surface area contributed by atoms with Gasteiger partial charge in [-0.3, -0.25) is 9.69 Å². The average molecular weight is 320 g/mol. The molecule has 2 N–H and O–H groups in total. The average Bonchev–Trinajstić information content (AvgIpc) is 2.46. The second-order valence-electron chi connectivity index (χ2n) is 6.77. The van der Waals surface area contributed by atoms with Crippen molar-refractivity contribution in [2.24, 2.45) is 5.92 Å². The highest BCUT2D eigenvalue weighted by atomic mass is 35.5. The lowest BCUT2D eigenvalue weighted by Crippen LogP contribution is -2.57. The number of carbonyl (C=O) groups excluding carboxylic acids is 1. The summed E-state index contributed by atoms with van der Waals surface area (Å²) >= 11 is 0. The third-order valence-corrected chi connectivity index (χ3v) is 4.54. The Morgan fingerprint density at radius 3 is 2.67 bits per heavy atom. The van der Waals surface area contributed by atoms with Crippen molar-refractivity contribution >= 4 is 18.3 Å². The van der Waals surface area contributed by atoms with E-state index >= 15 is 0 Å². The minimum Gasteiger partial charge on any atom is -0.379 e. The molecule has 5 nitrogen and oxygen atoms in total. The van der Waals surface area contributed by atoms with E-state index in [0.29, 0.717) is 12.5 Å². The van der Waals surface area contributed by atoms with Gasteiger partial charge >= 0.3 is 0 Å². The summed E-state index contributed by atoms with van der Waals surface area (Å²) in [6.45, 7) is 11.7. The predicted octanol–water partition coefficient (Wildman–Crippen LogP) is 1.02.